The lowest BCUT2D eigenvalue weighted by atomic mass is 10.1. The van der Waals surface area contributed by atoms with Crippen LogP contribution in [0.4, 0.5) is 5.69 Å². The van der Waals surface area contributed by atoms with Gasteiger partial charge in [-0.2, -0.15) is 5.10 Å². The van der Waals surface area contributed by atoms with E-state index in [4.69, 9.17) is 4.74 Å². The molecule has 0 fully saturated rings. The van der Waals surface area contributed by atoms with Crippen molar-refractivity contribution >= 4 is 11.6 Å². The van der Waals surface area contributed by atoms with E-state index < -0.39 is 0 Å². The molecule has 0 saturated carbocycles. The molecule has 3 heterocycles. The Morgan fingerprint density at radius 2 is 2.20 bits per heavy atom. The summed E-state index contributed by atoms with van der Waals surface area (Å²) >= 11 is 0. The van der Waals surface area contributed by atoms with Crippen molar-refractivity contribution in [3.05, 3.63) is 46.8 Å². The van der Waals surface area contributed by atoms with E-state index in [1.165, 1.54) is 5.56 Å². The number of hydrogen-bond acceptors (Lipinski definition) is 3. The van der Waals surface area contributed by atoms with Crippen LogP contribution in [0.25, 0.3) is 0 Å². The smallest absolute Gasteiger partial charge is 0.279 e. The standard InChI is InChI=1S/C15H15N3O2/c19-15(14-11-9-20-8-6-12(11)16-17-14)18-7-5-10-3-1-2-4-13(10)18/h1-4H,5-9H2,(H,16,17). The Bertz CT molecular complexity index is 678. The third-order valence-corrected chi connectivity index (χ3v) is 4.03. The normalized spacial score (nSPS) is 16.9. The van der Waals surface area contributed by atoms with Crippen LogP contribution in [-0.2, 0) is 24.2 Å². The molecule has 0 radical (unpaired) electrons. The molecule has 1 amide bonds. The largest absolute Gasteiger partial charge is 0.376 e. The van der Waals surface area contributed by atoms with Crippen molar-refractivity contribution in [1.29, 1.82) is 0 Å². The van der Waals surface area contributed by atoms with Crippen LogP contribution in [0.5, 0.6) is 0 Å². The van der Waals surface area contributed by atoms with E-state index >= 15 is 0 Å². The maximum absolute atomic E-state index is 12.7. The molecular weight excluding hydrogens is 254 g/mol. The van der Waals surface area contributed by atoms with Crippen LogP contribution in [-0.4, -0.2) is 29.3 Å². The van der Waals surface area contributed by atoms with E-state index in [-0.39, 0.29) is 5.91 Å². The highest BCUT2D eigenvalue weighted by Crippen LogP contribution is 2.30. The molecule has 1 aromatic heterocycles. The van der Waals surface area contributed by atoms with E-state index in [0.717, 1.165) is 36.3 Å². The zero-order valence-corrected chi connectivity index (χ0v) is 11.1. The molecule has 20 heavy (non-hydrogen) atoms. The van der Waals surface area contributed by atoms with Crippen LogP contribution in [0.15, 0.2) is 24.3 Å². The number of H-pyrrole nitrogens is 1. The Labute approximate surface area is 116 Å². The van der Waals surface area contributed by atoms with Crippen molar-refractivity contribution < 1.29 is 9.53 Å². The summed E-state index contributed by atoms with van der Waals surface area (Å²) in [5, 5.41) is 7.20. The zero-order chi connectivity index (χ0) is 13.5. The second-order valence-corrected chi connectivity index (χ2v) is 5.17. The minimum Gasteiger partial charge on any atom is -0.376 e. The molecule has 4 rings (SSSR count). The van der Waals surface area contributed by atoms with Crippen LogP contribution < -0.4 is 4.90 Å². The number of para-hydroxylation sites is 1. The average molecular weight is 269 g/mol. The number of amides is 1. The first-order valence-electron chi connectivity index (χ1n) is 6.88. The van der Waals surface area contributed by atoms with E-state index in [1.54, 1.807) is 0 Å². The number of carbonyl (C=O) groups excluding carboxylic acids is 1. The monoisotopic (exact) mass is 269 g/mol. The van der Waals surface area contributed by atoms with Gasteiger partial charge in [-0.3, -0.25) is 9.89 Å². The van der Waals surface area contributed by atoms with Gasteiger partial charge in [-0.05, 0) is 18.1 Å². The highest BCUT2D eigenvalue weighted by Gasteiger charge is 2.30. The minimum absolute atomic E-state index is 0.0297. The lowest BCUT2D eigenvalue weighted by Crippen LogP contribution is -2.30. The quantitative estimate of drug-likeness (QED) is 0.857. The van der Waals surface area contributed by atoms with Gasteiger partial charge in [0.05, 0.1) is 13.2 Å². The first-order chi connectivity index (χ1) is 9.84. The Kier molecular flexibility index (Phi) is 2.60. The van der Waals surface area contributed by atoms with Gasteiger partial charge in [-0.15, -0.1) is 0 Å². The fourth-order valence-electron chi connectivity index (χ4n) is 2.97. The summed E-state index contributed by atoms with van der Waals surface area (Å²) in [6.07, 6.45) is 1.71. The van der Waals surface area contributed by atoms with E-state index in [1.807, 2.05) is 23.1 Å². The first kappa shape index (κ1) is 11.7. The maximum atomic E-state index is 12.7. The minimum atomic E-state index is -0.0297. The second-order valence-electron chi connectivity index (χ2n) is 5.17. The fraction of sp³-hybridized carbons (Fsp3) is 0.333. The summed E-state index contributed by atoms with van der Waals surface area (Å²) in [7, 11) is 0. The molecule has 102 valence electrons. The summed E-state index contributed by atoms with van der Waals surface area (Å²) in [6, 6.07) is 8.05. The lowest BCUT2D eigenvalue weighted by molar-refractivity contribution is 0.0957. The number of aromatic nitrogens is 2. The van der Waals surface area contributed by atoms with Crippen LogP contribution >= 0.6 is 0 Å². The molecule has 0 unspecified atom stereocenters. The van der Waals surface area contributed by atoms with Gasteiger partial charge in [0.25, 0.3) is 5.91 Å². The van der Waals surface area contributed by atoms with Gasteiger partial charge < -0.3 is 9.64 Å². The lowest BCUT2D eigenvalue weighted by Gasteiger charge is -2.18. The molecule has 0 saturated heterocycles. The number of rotatable bonds is 1. The van der Waals surface area contributed by atoms with Gasteiger partial charge in [-0.25, -0.2) is 0 Å². The second kappa shape index (κ2) is 4.45. The van der Waals surface area contributed by atoms with Gasteiger partial charge in [0.2, 0.25) is 0 Å². The molecule has 2 aromatic rings. The number of aromatic amines is 1. The highest BCUT2D eigenvalue weighted by molar-refractivity contribution is 6.07. The van der Waals surface area contributed by atoms with Gasteiger partial charge >= 0.3 is 0 Å². The van der Waals surface area contributed by atoms with Gasteiger partial charge in [-0.1, -0.05) is 18.2 Å². The average Bonchev–Trinajstić information content (AvgIpc) is 3.11. The number of ether oxygens (including phenoxy) is 1. The SMILES string of the molecule is O=C(c1n[nH]c2c1COCC2)N1CCc2ccccc21. The molecule has 2 aliphatic rings. The fourth-order valence-corrected chi connectivity index (χ4v) is 2.97. The summed E-state index contributed by atoms with van der Waals surface area (Å²) in [6.45, 7) is 1.89. The molecule has 2 aliphatic heterocycles. The number of carbonyl (C=O) groups is 1. The number of benzene rings is 1. The third-order valence-electron chi connectivity index (χ3n) is 4.03. The molecule has 5 heteroatoms. The summed E-state index contributed by atoms with van der Waals surface area (Å²) in [5.74, 6) is -0.0297. The number of nitrogens with one attached hydrogen (secondary N) is 1. The van der Waals surface area contributed by atoms with E-state index in [2.05, 4.69) is 16.3 Å². The molecule has 0 spiro atoms. The van der Waals surface area contributed by atoms with Gasteiger partial charge in [0.15, 0.2) is 5.69 Å². The van der Waals surface area contributed by atoms with Crippen molar-refractivity contribution in [2.45, 2.75) is 19.4 Å². The van der Waals surface area contributed by atoms with Gasteiger partial charge in [0.1, 0.15) is 0 Å². The Balaban J connectivity index is 1.70. The summed E-state index contributed by atoms with van der Waals surface area (Å²) < 4.78 is 5.45. The Hall–Kier alpha value is -2.14. The number of nitrogens with zero attached hydrogens (tertiary/aromatic N) is 2. The first-order valence-corrected chi connectivity index (χ1v) is 6.88. The van der Waals surface area contributed by atoms with Crippen molar-refractivity contribution in [3.63, 3.8) is 0 Å². The molecule has 0 atom stereocenters. The molecule has 1 N–H and O–H groups in total. The summed E-state index contributed by atoms with van der Waals surface area (Å²) in [4.78, 5) is 14.6. The molecule has 0 bridgehead atoms. The van der Waals surface area contributed by atoms with E-state index in [0.29, 0.717) is 18.9 Å². The van der Waals surface area contributed by atoms with Crippen LogP contribution in [0.3, 0.4) is 0 Å². The predicted octanol–water partition coefficient (Wildman–Crippen LogP) is 1.69. The summed E-state index contributed by atoms with van der Waals surface area (Å²) in [5.41, 5.74) is 4.70. The van der Waals surface area contributed by atoms with Crippen molar-refractivity contribution in [1.82, 2.24) is 10.2 Å². The third kappa shape index (κ3) is 1.67. The molecule has 1 aromatic carbocycles. The molecule has 0 aliphatic carbocycles. The van der Waals surface area contributed by atoms with Crippen molar-refractivity contribution in [2.75, 3.05) is 18.1 Å². The highest BCUT2D eigenvalue weighted by atomic mass is 16.5. The maximum Gasteiger partial charge on any atom is 0.279 e. The number of anilines is 1. The van der Waals surface area contributed by atoms with Crippen LogP contribution in [0.2, 0.25) is 0 Å². The molecular formula is C15H15N3O2. The Morgan fingerprint density at radius 1 is 1.30 bits per heavy atom. The molecule has 5 nitrogen and oxygen atoms in total. The zero-order valence-electron chi connectivity index (χ0n) is 11.1. The predicted molar refractivity (Wildman–Crippen MR) is 73.8 cm³/mol. The van der Waals surface area contributed by atoms with Crippen molar-refractivity contribution in [3.8, 4) is 0 Å². The number of hydrogen-bond donors (Lipinski definition) is 1. The van der Waals surface area contributed by atoms with Gasteiger partial charge in [0, 0.05) is 29.9 Å². The Morgan fingerprint density at radius 3 is 3.15 bits per heavy atom. The van der Waals surface area contributed by atoms with Crippen LogP contribution in [0, 0.1) is 0 Å². The number of fused-ring (bicyclic) bond motifs is 2. The van der Waals surface area contributed by atoms with Crippen molar-refractivity contribution in [2.24, 2.45) is 0 Å². The van der Waals surface area contributed by atoms with E-state index in [9.17, 15) is 4.79 Å². The topological polar surface area (TPSA) is 58.2 Å². The van der Waals surface area contributed by atoms with Crippen LogP contribution in [0.1, 0.15) is 27.3 Å².